The Hall–Kier alpha value is -2.91. The van der Waals surface area contributed by atoms with E-state index in [2.05, 4.69) is 0 Å². The summed E-state index contributed by atoms with van der Waals surface area (Å²) in [4.78, 5) is 24.1. The van der Waals surface area contributed by atoms with Crippen LogP contribution in [0.5, 0.6) is 0 Å². The Morgan fingerprint density at radius 1 is 0.769 bits per heavy atom. The number of Topliss-reactive ketones (excluding diaryl/α,β-unsaturated/α-hetero) is 1. The highest BCUT2D eigenvalue weighted by Crippen LogP contribution is 2.19. The summed E-state index contributed by atoms with van der Waals surface area (Å²) in [5, 5.41) is 0.608. The molecule has 0 aromatic heterocycles. The summed E-state index contributed by atoms with van der Waals surface area (Å²) >= 11 is 5.81. The van der Waals surface area contributed by atoms with E-state index in [1.54, 1.807) is 36.4 Å². The van der Waals surface area contributed by atoms with Crippen molar-refractivity contribution in [2.45, 2.75) is 6.42 Å². The van der Waals surface area contributed by atoms with Crippen LogP contribution in [0.1, 0.15) is 15.9 Å². The van der Waals surface area contributed by atoms with E-state index >= 15 is 0 Å². The van der Waals surface area contributed by atoms with Crippen molar-refractivity contribution in [3.8, 4) is 11.1 Å². The fourth-order valence-electron chi connectivity index (χ4n) is 2.53. The Kier molecular flexibility index (Phi) is 5.82. The highest BCUT2D eigenvalue weighted by molar-refractivity contribution is 6.30. The van der Waals surface area contributed by atoms with Gasteiger partial charge in [0.25, 0.3) is 0 Å². The van der Waals surface area contributed by atoms with E-state index in [9.17, 15) is 9.59 Å². The molecule has 3 aromatic rings. The minimum absolute atomic E-state index is 0.109. The number of halogens is 1. The van der Waals surface area contributed by atoms with Crippen LogP contribution in [0.3, 0.4) is 0 Å². The smallest absolute Gasteiger partial charge is 0.310 e. The molecule has 0 aliphatic carbocycles. The van der Waals surface area contributed by atoms with Gasteiger partial charge < -0.3 is 4.74 Å². The molecule has 3 aromatic carbocycles. The van der Waals surface area contributed by atoms with Gasteiger partial charge in [0.15, 0.2) is 12.4 Å². The number of hydrogen-bond donors (Lipinski definition) is 0. The molecule has 26 heavy (non-hydrogen) atoms. The standard InChI is InChI=1S/C22H17ClO3/c23-20-12-6-16(7-13-20)14-22(25)26-15-21(24)19-10-8-18(9-11-19)17-4-2-1-3-5-17/h1-13H,14-15H2. The van der Waals surface area contributed by atoms with Crippen LogP contribution < -0.4 is 0 Å². The fourth-order valence-corrected chi connectivity index (χ4v) is 2.65. The maximum absolute atomic E-state index is 12.2. The summed E-state index contributed by atoms with van der Waals surface area (Å²) in [6.45, 7) is -0.267. The van der Waals surface area contributed by atoms with Crippen LogP contribution in [0.2, 0.25) is 5.02 Å². The molecule has 130 valence electrons. The van der Waals surface area contributed by atoms with Gasteiger partial charge in [0.1, 0.15) is 0 Å². The SMILES string of the molecule is O=C(Cc1ccc(Cl)cc1)OCC(=O)c1ccc(-c2ccccc2)cc1. The maximum Gasteiger partial charge on any atom is 0.310 e. The monoisotopic (exact) mass is 364 g/mol. The van der Waals surface area contributed by atoms with E-state index in [1.807, 2.05) is 42.5 Å². The van der Waals surface area contributed by atoms with Crippen LogP contribution >= 0.6 is 11.6 Å². The predicted octanol–water partition coefficient (Wildman–Crippen LogP) is 4.98. The van der Waals surface area contributed by atoms with Gasteiger partial charge in [-0.25, -0.2) is 0 Å². The van der Waals surface area contributed by atoms with Crippen LogP contribution in [-0.2, 0) is 16.0 Å². The molecule has 0 heterocycles. The van der Waals surface area contributed by atoms with Crippen LogP contribution in [0.4, 0.5) is 0 Å². The number of carbonyl (C=O) groups is 2. The first kappa shape index (κ1) is 17.9. The van der Waals surface area contributed by atoms with Crippen molar-refractivity contribution in [3.63, 3.8) is 0 Å². The van der Waals surface area contributed by atoms with Crippen LogP contribution in [0, 0.1) is 0 Å². The topological polar surface area (TPSA) is 43.4 Å². The molecule has 3 nitrogen and oxygen atoms in total. The number of rotatable bonds is 6. The highest BCUT2D eigenvalue weighted by Gasteiger charge is 2.11. The summed E-state index contributed by atoms with van der Waals surface area (Å²) in [5.41, 5.74) is 3.42. The van der Waals surface area contributed by atoms with E-state index in [1.165, 1.54) is 0 Å². The molecule has 0 saturated heterocycles. The number of esters is 1. The van der Waals surface area contributed by atoms with Crippen molar-refractivity contribution in [2.24, 2.45) is 0 Å². The predicted molar refractivity (Wildman–Crippen MR) is 102 cm³/mol. The molecule has 0 fully saturated rings. The van der Waals surface area contributed by atoms with Gasteiger partial charge in [-0.1, -0.05) is 78.3 Å². The molecular formula is C22H17ClO3. The first-order chi connectivity index (χ1) is 12.6. The number of ketones is 1. The van der Waals surface area contributed by atoms with Crippen LogP contribution in [-0.4, -0.2) is 18.4 Å². The largest absolute Gasteiger partial charge is 0.457 e. The molecule has 3 rings (SSSR count). The van der Waals surface area contributed by atoms with Gasteiger partial charge in [-0.05, 0) is 28.8 Å². The summed E-state index contributed by atoms with van der Waals surface area (Å²) in [6, 6.07) is 24.1. The Balaban J connectivity index is 1.54. The van der Waals surface area contributed by atoms with Crippen molar-refractivity contribution in [1.82, 2.24) is 0 Å². The summed E-state index contributed by atoms with van der Waals surface area (Å²) in [7, 11) is 0. The van der Waals surface area contributed by atoms with E-state index in [0.717, 1.165) is 16.7 Å². The first-order valence-corrected chi connectivity index (χ1v) is 8.58. The van der Waals surface area contributed by atoms with Gasteiger partial charge in [0.05, 0.1) is 6.42 Å². The third-order valence-corrected chi connectivity index (χ3v) is 4.19. The summed E-state index contributed by atoms with van der Waals surface area (Å²) in [5.74, 6) is -0.671. The molecule has 0 N–H and O–H groups in total. The van der Waals surface area contributed by atoms with Gasteiger partial charge >= 0.3 is 5.97 Å². The second-order valence-electron chi connectivity index (χ2n) is 5.83. The highest BCUT2D eigenvalue weighted by atomic mass is 35.5. The van der Waals surface area contributed by atoms with Crippen molar-refractivity contribution in [1.29, 1.82) is 0 Å². The zero-order valence-corrected chi connectivity index (χ0v) is 14.8. The van der Waals surface area contributed by atoms with Gasteiger partial charge in [0, 0.05) is 10.6 Å². The third-order valence-electron chi connectivity index (χ3n) is 3.94. The number of ether oxygens (including phenoxy) is 1. The van der Waals surface area contributed by atoms with Crippen molar-refractivity contribution < 1.29 is 14.3 Å². The molecule has 0 unspecified atom stereocenters. The second-order valence-corrected chi connectivity index (χ2v) is 6.27. The Bertz CT molecular complexity index is 885. The van der Waals surface area contributed by atoms with E-state index in [0.29, 0.717) is 10.6 Å². The zero-order chi connectivity index (χ0) is 18.4. The number of carbonyl (C=O) groups excluding carboxylic acids is 2. The van der Waals surface area contributed by atoms with Gasteiger partial charge in [-0.15, -0.1) is 0 Å². The molecule has 0 radical (unpaired) electrons. The van der Waals surface area contributed by atoms with E-state index in [4.69, 9.17) is 16.3 Å². The van der Waals surface area contributed by atoms with Gasteiger partial charge in [0.2, 0.25) is 0 Å². The number of benzene rings is 3. The molecule has 0 bridgehead atoms. The summed E-state index contributed by atoms with van der Waals surface area (Å²) in [6.07, 6.45) is 0.109. The van der Waals surface area contributed by atoms with Crippen LogP contribution in [0.25, 0.3) is 11.1 Å². The molecule has 0 spiro atoms. The average molecular weight is 365 g/mol. The lowest BCUT2D eigenvalue weighted by molar-refractivity contribution is -0.141. The minimum Gasteiger partial charge on any atom is -0.457 e. The zero-order valence-electron chi connectivity index (χ0n) is 14.0. The third kappa shape index (κ3) is 4.80. The lowest BCUT2D eigenvalue weighted by atomic mass is 10.0. The molecule has 0 aliphatic rings. The molecule has 0 saturated carbocycles. The van der Waals surface area contributed by atoms with Crippen molar-refractivity contribution in [3.05, 3.63) is 95.0 Å². The average Bonchev–Trinajstić information content (AvgIpc) is 2.69. The van der Waals surface area contributed by atoms with Crippen molar-refractivity contribution in [2.75, 3.05) is 6.61 Å². The van der Waals surface area contributed by atoms with Gasteiger partial charge in [-0.2, -0.15) is 0 Å². The first-order valence-electron chi connectivity index (χ1n) is 8.20. The Morgan fingerprint density at radius 3 is 2.04 bits per heavy atom. The molecule has 4 heteroatoms. The Labute approximate surface area is 157 Å². The summed E-state index contributed by atoms with van der Waals surface area (Å²) < 4.78 is 5.09. The fraction of sp³-hybridized carbons (Fsp3) is 0.0909. The molecule has 0 amide bonds. The number of hydrogen-bond acceptors (Lipinski definition) is 3. The Morgan fingerprint density at radius 2 is 1.38 bits per heavy atom. The van der Waals surface area contributed by atoms with E-state index in [-0.39, 0.29) is 18.8 Å². The maximum atomic E-state index is 12.2. The van der Waals surface area contributed by atoms with E-state index < -0.39 is 5.97 Å². The van der Waals surface area contributed by atoms with Gasteiger partial charge in [-0.3, -0.25) is 9.59 Å². The molecular weight excluding hydrogens is 348 g/mol. The quantitative estimate of drug-likeness (QED) is 0.458. The lowest BCUT2D eigenvalue weighted by Gasteiger charge is -2.06. The van der Waals surface area contributed by atoms with Crippen LogP contribution in [0.15, 0.2) is 78.9 Å². The normalized spacial score (nSPS) is 10.3. The second kappa shape index (κ2) is 8.45. The molecule has 0 atom stereocenters. The van der Waals surface area contributed by atoms with Crippen molar-refractivity contribution >= 4 is 23.4 Å². The molecule has 0 aliphatic heterocycles. The lowest BCUT2D eigenvalue weighted by Crippen LogP contribution is -2.15. The minimum atomic E-state index is -0.443.